The van der Waals surface area contributed by atoms with Gasteiger partial charge < -0.3 is 15.8 Å². The van der Waals surface area contributed by atoms with Gasteiger partial charge in [-0.15, -0.1) is 0 Å². The first-order valence-corrected chi connectivity index (χ1v) is 7.19. The fraction of sp³-hybridized carbons (Fsp3) is 0.600. The van der Waals surface area contributed by atoms with E-state index in [9.17, 15) is 0 Å². The van der Waals surface area contributed by atoms with Gasteiger partial charge in [0.25, 0.3) is 0 Å². The van der Waals surface area contributed by atoms with Crippen molar-refractivity contribution in [3.05, 3.63) is 17.8 Å². The standard InChI is InChI=1S/C15H22N4O/c1-3-15(4-2)9-12(6-8-20-15)19-14-13(17)11(10-16)5-7-18-14/h5,7,12H,3-4,6,8-9,17H2,1-2H3,(H,18,19). The van der Waals surface area contributed by atoms with E-state index in [4.69, 9.17) is 15.7 Å². The van der Waals surface area contributed by atoms with Crippen molar-refractivity contribution in [3.8, 4) is 6.07 Å². The third-order valence-electron chi connectivity index (χ3n) is 4.23. The molecule has 2 rings (SSSR count). The molecule has 0 spiro atoms. The van der Waals surface area contributed by atoms with Gasteiger partial charge in [0.15, 0.2) is 5.82 Å². The van der Waals surface area contributed by atoms with Crippen LogP contribution in [0.2, 0.25) is 0 Å². The average Bonchev–Trinajstić information content (AvgIpc) is 2.49. The number of anilines is 2. The Morgan fingerprint density at radius 3 is 2.95 bits per heavy atom. The van der Waals surface area contributed by atoms with Crippen LogP contribution in [0, 0.1) is 11.3 Å². The van der Waals surface area contributed by atoms with Gasteiger partial charge in [-0.1, -0.05) is 13.8 Å². The number of nitriles is 1. The van der Waals surface area contributed by atoms with Crippen LogP contribution in [0.3, 0.4) is 0 Å². The summed E-state index contributed by atoms with van der Waals surface area (Å²) in [5, 5.41) is 12.4. The van der Waals surface area contributed by atoms with E-state index in [1.165, 1.54) is 0 Å². The molecule has 0 amide bonds. The third-order valence-corrected chi connectivity index (χ3v) is 4.23. The van der Waals surface area contributed by atoms with Crippen LogP contribution in [0.4, 0.5) is 11.5 Å². The summed E-state index contributed by atoms with van der Waals surface area (Å²) in [6.07, 6.45) is 5.49. The van der Waals surface area contributed by atoms with Gasteiger partial charge >= 0.3 is 0 Å². The highest BCUT2D eigenvalue weighted by molar-refractivity contribution is 5.69. The number of pyridine rings is 1. The summed E-state index contributed by atoms with van der Waals surface area (Å²) in [5.74, 6) is 0.608. The Morgan fingerprint density at radius 2 is 2.30 bits per heavy atom. The Hall–Kier alpha value is -1.80. The number of hydrogen-bond donors (Lipinski definition) is 2. The zero-order valence-electron chi connectivity index (χ0n) is 12.1. The van der Waals surface area contributed by atoms with E-state index in [1.54, 1.807) is 12.3 Å². The van der Waals surface area contributed by atoms with Gasteiger partial charge in [0, 0.05) is 18.8 Å². The van der Waals surface area contributed by atoms with Crippen LogP contribution < -0.4 is 11.1 Å². The van der Waals surface area contributed by atoms with Gasteiger partial charge in [0.2, 0.25) is 0 Å². The molecule has 3 N–H and O–H groups in total. The minimum absolute atomic E-state index is 0.0441. The predicted octanol–water partition coefficient (Wildman–Crippen LogP) is 2.69. The minimum atomic E-state index is -0.0441. The second-order valence-electron chi connectivity index (χ2n) is 5.31. The molecule has 0 radical (unpaired) electrons. The molecule has 1 atom stereocenters. The fourth-order valence-electron chi connectivity index (χ4n) is 2.77. The Kier molecular flexibility index (Phi) is 4.46. The number of nitrogens with two attached hydrogens (primary N) is 1. The van der Waals surface area contributed by atoms with Crippen LogP contribution in [-0.2, 0) is 4.74 Å². The Bertz CT molecular complexity index is 505. The van der Waals surface area contributed by atoms with E-state index < -0.39 is 0 Å². The van der Waals surface area contributed by atoms with Crippen molar-refractivity contribution in [1.82, 2.24) is 4.98 Å². The summed E-state index contributed by atoms with van der Waals surface area (Å²) in [6, 6.07) is 4.00. The maximum atomic E-state index is 9.00. The van der Waals surface area contributed by atoms with Crippen molar-refractivity contribution >= 4 is 11.5 Å². The molecule has 1 aliphatic heterocycles. The normalized spacial score (nSPS) is 21.1. The average molecular weight is 274 g/mol. The lowest BCUT2D eigenvalue weighted by Crippen LogP contribution is -2.43. The summed E-state index contributed by atoms with van der Waals surface area (Å²) in [5.41, 5.74) is 6.82. The molecule has 5 heteroatoms. The summed E-state index contributed by atoms with van der Waals surface area (Å²) in [4.78, 5) is 4.25. The number of nitrogen functional groups attached to an aromatic ring is 1. The maximum absolute atomic E-state index is 9.00. The number of nitrogens with one attached hydrogen (secondary N) is 1. The van der Waals surface area contributed by atoms with Crippen LogP contribution in [0.15, 0.2) is 12.3 Å². The molecule has 0 saturated carbocycles. The maximum Gasteiger partial charge on any atom is 0.150 e. The molecular weight excluding hydrogens is 252 g/mol. The SMILES string of the molecule is CCC1(CC)CC(Nc2nccc(C#N)c2N)CCO1. The van der Waals surface area contributed by atoms with Gasteiger partial charge in [-0.05, 0) is 31.7 Å². The van der Waals surface area contributed by atoms with Crippen LogP contribution >= 0.6 is 0 Å². The molecule has 1 aromatic heterocycles. The van der Waals surface area contributed by atoms with E-state index >= 15 is 0 Å². The van der Waals surface area contributed by atoms with Crippen LogP contribution in [0.1, 0.15) is 45.1 Å². The first-order chi connectivity index (χ1) is 9.64. The summed E-state index contributed by atoms with van der Waals surface area (Å²) < 4.78 is 5.96. The molecule has 0 bridgehead atoms. The van der Waals surface area contributed by atoms with Crippen molar-refractivity contribution in [2.24, 2.45) is 0 Å². The van der Waals surface area contributed by atoms with Gasteiger partial charge in [-0.25, -0.2) is 4.98 Å². The molecule has 1 aromatic rings. The van der Waals surface area contributed by atoms with Gasteiger partial charge in [-0.3, -0.25) is 0 Å². The van der Waals surface area contributed by atoms with Gasteiger partial charge in [0.05, 0.1) is 16.9 Å². The molecule has 1 saturated heterocycles. The molecular formula is C15H22N4O. The summed E-state index contributed by atoms with van der Waals surface area (Å²) in [7, 11) is 0. The number of ether oxygens (including phenoxy) is 1. The van der Waals surface area contributed by atoms with Gasteiger partial charge in [-0.2, -0.15) is 5.26 Å². The van der Waals surface area contributed by atoms with E-state index in [2.05, 4.69) is 30.2 Å². The Labute approximate surface area is 120 Å². The summed E-state index contributed by atoms with van der Waals surface area (Å²) in [6.45, 7) is 5.07. The lowest BCUT2D eigenvalue weighted by molar-refractivity contribution is -0.0864. The monoisotopic (exact) mass is 274 g/mol. The molecule has 1 unspecified atom stereocenters. The van der Waals surface area contributed by atoms with Crippen molar-refractivity contribution in [3.63, 3.8) is 0 Å². The highest BCUT2D eigenvalue weighted by Gasteiger charge is 2.34. The zero-order chi connectivity index (χ0) is 14.6. The lowest BCUT2D eigenvalue weighted by atomic mass is 9.86. The van der Waals surface area contributed by atoms with Crippen molar-refractivity contribution < 1.29 is 4.74 Å². The lowest BCUT2D eigenvalue weighted by Gasteiger charge is -2.40. The predicted molar refractivity (Wildman–Crippen MR) is 79.3 cm³/mol. The minimum Gasteiger partial charge on any atom is -0.395 e. The van der Waals surface area contributed by atoms with Crippen LogP contribution in [0.5, 0.6) is 0 Å². The fourth-order valence-corrected chi connectivity index (χ4v) is 2.77. The number of hydrogen-bond acceptors (Lipinski definition) is 5. The van der Waals surface area contributed by atoms with Crippen molar-refractivity contribution in [2.75, 3.05) is 17.7 Å². The van der Waals surface area contributed by atoms with Crippen molar-refractivity contribution in [2.45, 2.75) is 51.2 Å². The highest BCUT2D eigenvalue weighted by Crippen LogP contribution is 2.33. The largest absolute Gasteiger partial charge is 0.395 e. The number of rotatable bonds is 4. The molecule has 108 valence electrons. The second-order valence-corrected chi connectivity index (χ2v) is 5.31. The third kappa shape index (κ3) is 2.86. The van der Waals surface area contributed by atoms with Gasteiger partial charge in [0.1, 0.15) is 6.07 Å². The molecule has 20 heavy (non-hydrogen) atoms. The highest BCUT2D eigenvalue weighted by atomic mass is 16.5. The molecule has 2 heterocycles. The van der Waals surface area contributed by atoms with Crippen LogP contribution in [-0.4, -0.2) is 23.2 Å². The molecule has 1 fully saturated rings. The molecule has 0 aliphatic carbocycles. The number of nitrogens with zero attached hydrogens (tertiary/aromatic N) is 2. The second kappa shape index (κ2) is 6.10. The first-order valence-electron chi connectivity index (χ1n) is 7.19. The quantitative estimate of drug-likeness (QED) is 0.881. The van der Waals surface area contributed by atoms with E-state index in [-0.39, 0.29) is 11.6 Å². The Morgan fingerprint density at radius 1 is 1.55 bits per heavy atom. The van der Waals surface area contributed by atoms with Crippen LogP contribution in [0.25, 0.3) is 0 Å². The first kappa shape index (κ1) is 14.6. The Balaban J connectivity index is 2.13. The topological polar surface area (TPSA) is 84.0 Å². The van der Waals surface area contributed by atoms with E-state index in [1.807, 2.05) is 0 Å². The zero-order valence-corrected chi connectivity index (χ0v) is 12.1. The van der Waals surface area contributed by atoms with E-state index in [0.29, 0.717) is 17.1 Å². The molecule has 1 aliphatic rings. The molecule has 5 nitrogen and oxygen atoms in total. The molecule has 0 aromatic carbocycles. The van der Waals surface area contributed by atoms with E-state index in [0.717, 1.165) is 32.3 Å². The smallest absolute Gasteiger partial charge is 0.150 e. The number of aromatic nitrogens is 1. The summed E-state index contributed by atoms with van der Waals surface area (Å²) >= 11 is 0. The van der Waals surface area contributed by atoms with Crippen molar-refractivity contribution in [1.29, 1.82) is 5.26 Å².